The van der Waals surface area contributed by atoms with Crippen molar-refractivity contribution >= 4 is 30.4 Å². The Morgan fingerprint density at radius 3 is 2.33 bits per heavy atom. The van der Waals surface area contributed by atoms with E-state index >= 15 is 0 Å². The standard InChI is InChI=1S/C23H30N3OP.C2H6/c1-16-12-20-13-19(8-11-22(20)26(16)4)18-6-9-21(10-7-18)25-14-17(2)28(5)15-23(27)24-3;1-2/h6-13,17,25H,14-15H2,1-5H3,(H,24,27);1-2H3. The van der Waals surface area contributed by atoms with Crippen molar-refractivity contribution in [2.75, 3.05) is 31.7 Å². The van der Waals surface area contributed by atoms with Crippen molar-refractivity contribution in [3.05, 3.63) is 54.2 Å². The number of anilines is 1. The van der Waals surface area contributed by atoms with E-state index in [0.717, 1.165) is 12.2 Å². The highest BCUT2D eigenvalue weighted by molar-refractivity contribution is 7.58. The Hall–Kier alpha value is -2.32. The maximum Gasteiger partial charge on any atom is 0.224 e. The number of nitrogens with one attached hydrogen (secondary N) is 2. The second-order valence-electron chi connectivity index (χ2n) is 7.51. The van der Waals surface area contributed by atoms with Gasteiger partial charge in [0.15, 0.2) is 0 Å². The fourth-order valence-electron chi connectivity index (χ4n) is 3.33. The first-order chi connectivity index (χ1) is 14.4. The summed E-state index contributed by atoms with van der Waals surface area (Å²) in [6, 6.07) is 17.5. The molecule has 0 aliphatic heterocycles. The van der Waals surface area contributed by atoms with E-state index in [9.17, 15) is 4.79 Å². The Balaban J connectivity index is 0.00000155. The maximum atomic E-state index is 11.6. The van der Waals surface area contributed by atoms with Gasteiger partial charge < -0.3 is 15.2 Å². The predicted molar refractivity (Wildman–Crippen MR) is 134 cm³/mol. The Bertz CT molecular complexity index is 962. The number of benzene rings is 2. The molecular formula is C25H36N3OP. The zero-order valence-corrected chi connectivity index (χ0v) is 20.3. The largest absolute Gasteiger partial charge is 0.384 e. The molecule has 4 nitrogen and oxygen atoms in total. The third kappa shape index (κ3) is 5.86. The molecule has 2 atom stereocenters. The van der Waals surface area contributed by atoms with E-state index in [1.165, 1.54) is 27.7 Å². The van der Waals surface area contributed by atoms with Crippen molar-refractivity contribution < 1.29 is 4.79 Å². The molecule has 2 unspecified atom stereocenters. The predicted octanol–water partition coefficient (Wildman–Crippen LogP) is 5.84. The van der Waals surface area contributed by atoms with Crippen molar-refractivity contribution in [1.82, 2.24) is 9.88 Å². The van der Waals surface area contributed by atoms with Crippen molar-refractivity contribution in [2.45, 2.75) is 33.4 Å². The molecule has 30 heavy (non-hydrogen) atoms. The van der Waals surface area contributed by atoms with Gasteiger partial charge in [0.25, 0.3) is 0 Å². The summed E-state index contributed by atoms with van der Waals surface area (Å²) < 4.78 is 2.22. The monoisotopic (exact) mass is 425 g/mol. The quantitative estimate of drug-likeness (QED) is 0.467. The van der Waals surface area contributed by atoms with Crippen LogP contribution in [0.15, 0.2) is 48.5 Å². The van der Waals surface area contributed by atoms with Crippen molar-refractivity contribution in [3.63, 3.8) is 0 Å². The summed E-state index contributed by atoms with van der Waals surface area (Å²) >= 11 is 0. The second kappa shape index (κ2) is 11.2. The van der Waals surface area contributed by atoms with Crippen LogP contribution in [0.2, 0.25) is 0 Å². The molecule has 3 rings (SSSR count). The molecule has 1 heterocycles. The Morgan fingerprint density at radius 2 is 1.70 bits per heavy atom. The minimum absolute atomic E-state index is 0.135. The minimum atomic E-state index is -0.320. The molecule has 3 aromatic rings. The lowest BCUT2D eigenvalue weighted by Gasteiger charge is -2.21. The molecule has 0 bridgehead atoms. The number of aryl methyl sites for hydroxylation is 2. The number of hydrogen-bond acceptors (Lipinski definition) is 2. The molecular weight excluding hydrogens is 389 g/mol. The molecule has 0 saturated carbocycles. The number of carbonyl (C=O) groups excluding carboxylic acids is 1. The van der Waals surface area contributed by atoms with Crippen LogP contribution >= 0.6 is 7.92 Å². The molecule has 0 aliphatic carbocycles. The summed E-state index contributed by atoms with van der Waals surface area (Å²) in [5, 5.41) is 7.51. The number of amides is 1. The Labute approximate surface area is 182 Å². The summed E-state index contributed by atoms with van der Waals surface area (Å²) in [5.74, 6) is 0.135. The van der Waals surface area contributed by atoms with E-state index in [-0.39, 0.29) is 13.8 Å². The van der Waals surface area contributed by atoms with Crippen LogP contribution in [0.25, 0.3) is 22.0 Å². The minimum Gasteiger partial charge on any atom is -0.384 e. The van der Waals surface area contributed by atoms with Gasteiger partial charge in [0.2, 0.25) is 5.91 Å². The number of carbonyl (C=O) groups is 1. The number of hydrogen-bond donors (Lipinski definition) is 2. The smallest absolute Gasteiger partial charge is 0.224 e. The summed E-state index contributed by atoms with van der Waals surface area (Å²) in [7, 11) is 3.49. The average molecular weight is 426 g/mol. The van der Waals surface area contributed by atoms with Gasteiger partial charge in [-0.15, -0.1) is 0 Å². The van der Waals surface area contributed by atoms with Gasteiger partial charge >= 0.3 is 0 Å². The molecule has 0 radical (unpaired) electrons. The molecule has 0 aliphatic rings. The molecule has 2 aromatic carbocycles. The van der Waals surface area contributed by atoms with Gasteiger partial charge in [0, 0.05) is 49.1 Å². The highest BCUT2D eigenvalue weighted by Crippen LogP contribution is 2.36. The lowest BCUT2D eigenvalue weighted by Crippen LogP contribution is -2.24. The van der Waals surface area contributed by atoms with Crippen molar-refractivity contribution in [1.29, 1.82) is 0 Å². The summed E-state index contributed by atoms with van der Waals surface area (Å²) in [5.41, 5.74) is 6.60. The average Bonchev–Trinajstić information content (AvgIpc) is 3.06. The molecule has 1 amide bonds. The van der Waals surface area contributed by atoms with Crippen LogP contribution in [0.1, 0.15) is 26.5 Å². The van der Waals surface area contributed by atoms with Crippen LogP contribution in [0.5, 0.6) is 0 Å². The van der Waals surface area contributed by atoms with Gasteiger partial charge in [-0.05, 0) is 60.7 Å². The van der Waals surface area contributed by atoms with E-state index < -0.39 is 0 Å². The lowest BCUT2D eigenvalue weighted by atomic mass is 10.0. The summed E-state index contributed by atoms with van der Waals surface area (Å²) in [6.07, 6.45) is 0.634. The maximum absolute atomic E-state index is 11.6. The lowest BCUT2D eigenvalue weighted by molar-refractivity contribution is -0.118. The van der Waals surface area contributed by atoms with E-state index in [2.05, 4.69) is 91.3 Å². The number of rotatable bonds is 7. The molecule has 0 fully saturated rings. The highest BCUT2D eigenvalue weighted by Gasteiger charge is 2.14. The van der Waals surface area contributed by atoms with Crippen LogP contribution in [0.3, 0.4) is 0 Å². The number of aromatic nitrogens is 1. The van der Waals surface area contributed by atoms with Gasteiger partial charge in [-0.1, -0.05) is 46.9 Å². The van der Waals surface area contributed by atoms with Crippen LogP contribution in [0, 0.1) is 6.92 Å². The van der Waals surface area contributed by atoms with Crippen molar-refractivity contribution in [3.8, 4) is 11.1 Å². The third-order valence-electron chi connectivity index (χ3n) is 5.53. The first kappa shape index (κ1) is 24.0. The zero-order valence-electron chi connectivity index (χ0n) is 19.4. The third-order valence-corrected chi connectivity index (χ3v) is 8.00. The molecule has 0 saturated heterocycles. The van der Waals surface area contributed by atoms with Gasteiger partial charge in [0.05, 0.1) is 0 Å². The first-order valence-corrected chi connectivity index (χ1v) is 12.7. The molecule has 1 aromatic heterocycles. The Morgan fingerprint density at radius 1 is 1.07 bits per heavy atom. The Kier molecular flexibility index (Phi) is 8.92. The van der Waals surface area contributed by atoms with E-state index in [0.29, 0.717) is 11.8 Å². The number of nitrogens with zero attached hydrogens (tertiary/aromatic N) is 1. The van der Waals surface area contributed by atoms with Gasteiger partial charge in [-0.3, -0.25) is 4.79 Å². The van der Waals surface area contributed by atoms with Crippen LogP contribution in [-0.4, -0.2) is 42.6 Å². The molecule has 2 N–H and O–H groups in total. The van der Waals surface area contributed by atoms with E-state index in [4.69, 9.17) is 0 Å². The molecule has 162 valence electrons. The summed E-state index contributed by atoms with van der Waals surface area (Å²) in [6.45, 7) is 11.4. The topological polar surface area (TPSA) is 46.1 Å². The fraction of sp³-hybridized carbons (Fsp3) is 0.400. The van der Waals surface area contributed by atoms with Gasteiger partial charge in [0.1, 0.15) is 0 Å². The number of fused-ring (bicyclic) bond motifs is 1. The van der Waals surface area contributed by atoms with Crippen molar-refractivity contribution in [2.24, 2.45) is 7.05 Å². The first-order valence-electron chi connectivity index (χ1n) is 10.7. The van der Waals surface area contributed by atoms with Gasteiger partial charge in [-0.2, -0.15) is 0 Å². The van der Waals surface area contributed by atoms with Crippen LogP contribution < -0.4 is 10.6 Å². The second-order valence-corrected chi connectivity index (χ2v) is 10.2. The highest BCUT2D eigenvalue weighted by atomic mass is 31.1. The normalized spacial score (nSPS) is 12.6. The SMILES string of the molecule is CC.CNC(=O)CP(C)C(C)CNc1ccc(-c2ccc3c(c2)cc(C)n3C)cc1. The summed E-state index contributed by atoms with van der Waals surface area (Å²) in [4.78, 5) is 11.6. The van der Waals surface area contributed by atoms with E-state index in [1.54, 1.807) is 7.05 Å². The molecule has 5 heteroatoms. The van der Waals surface area contributed by atoms with Crippen LogP contribution in [-0.2, 0) is 11.8 Å². The van der Waals surface area contributed by atoms with E-state index in [1.807, 2.05) is 13.8 Å². The molecule has 0 spiro atoms. The fourth-order valence-corrected chi connectivity index (χ4v) is 4.66. The van der Waals surface area contributed by atoms with Gasteiger partial charge in [-0.25, -0.2) is 0 Å². The van der Waals surface area contributed by atoms with Crippen LogP contribution in [0.4, 0.5) is 5.69 Å². The zero-order chi connectivity index (χ0) is 22.3.